The van der Waals surface area contributed by atoms with Crippen LogP contribution in [0.5, 0.6) is 0 Å². The molecule has 1 aliphatic heterocycles. The number of aromatic nitrogens is 4. The van der Waals surface area contributed by atoms with Gasteiger partial charge in [0.25, 0.3) is 5.89 Å². The average Bonchev–Trinajstić information content (AvgIpc) is 3.29. The van der Waals surface area contributed by atoms with E-state index in [2.05, 4.69) is 31.9 Å². The van der Waals surface area contributed by atoms with Crippen molar-refractivity contribution in [1.82, 2.24) is 25.0 Å². The lowest BCUT2D eigenvalue weighted by Gasteiger charge is -2.35. The third-order valence-corrected chi connectivity index (χ3v) is 4.23. The van der Waals surface area contributed by atoms with Gasteiger partial charge in [-0.1, -0.05) is 5.16 Å². The molecule has 0 aromatic carbocycles. The summed E-state index contributed by atoms with van der Waals surface area (Å²) < 4.78 is 11.2. The van der Waals surface area contributed by atoms with E-state index in [1.165, 1.54) is 12.8 Å². The molecule has 23 heavy (non-hydrogen) atoms. The Labute approximate surface area is 135 Å². The molecule has 2 aromatic rings. The van der Waals surface area contributed by atoms with Crippen molar-refractivity contribution >= 4 is 0 Å². The van der Waals surface area contributed by atoms with Gasteiger partial charge in [0.15, 0.2) is 5.82 Å². The van der Waals surface area contributed by atoms with Crippen molar-refractivity contribution in [3.05, 3.63) is 35.5 Å². The zero-order valence-electron chi connectivity index (χ0n) is 13.5. The van der Waals surface area contributed by atoms with Gasteiger partial charge in [0.05, 0.1) is 6.10 Å². The van der Waals surface area contributed by atoms with E-state index < -0.39 is 0 Å². The van der Waals surface area contributed by atoms with Crippen LogP contribution in [-0.2, 0) is 11.3 Å². The summed E-state index contributed by atoms with van der Waals surface area (Å²) in [5.74, 6) is 2.78. The highest BCUT2D eigenvalue weighted by atomic mass is 16.5. The van der Waals surface area contributed by atoms with Gasteiger partial charge in [0, 0.05) is 43.5 Å². The molecule has 7 nitrogen and oxygen atoms in total. The normalized spacial score (nSPS) is 25.7. The molecule has 0 spiro atoms. The van der Waals surface area contributed by atoms with E-state index >= 15 is 0 Å². The number of ether oxygens (including phenoxy) is 1. The highest BCUT2D eigenvalue weighted by Crippen LogP contribution is 2.37. The van der Waals surface area contributed by atoms with Crippen LogP contribution in [0.3, 0.4) is 0 Å². The lowest BCUT2D eigenvalue weighted by Crippen LogP contribution is -2.42. The first-order valence-electron chi connectivity index (χ1n) is 8.16. The summed E-state index contributed by atoms with van der Waals surface area (Å²) >= 11 is 0. The molecular formula is C16H21N5O2. The van der Waals surface area contributed by atoms with Crippen molar-refractivity contribution in [2.24, 2.45) is 0 Å². The molecule has 1 saturated carbocycles. The van der Waals surface area contributed by atoms with Crippen molar-refractivity contribution < 1.29 is 9.26 Å². The van der Waals surface area contributed by atoms with Crippen LogP contribution in [0, 0.1) is 6.92 Å². The first kappa shape index (κ1) is 14.7. The predicted octanol–water partition coefficient (Wildman–Crippen LogP) is 2.01. The van der Waals surface area contributed by atoms with Gasteiger partial charge in [-0.2, -0.15) is 4.98 Å². The quantitative estimate of drug-likeness (QED) is 0.854. The molecule has 122 valence electrons. The molecule has 2 fully saturated rings. The molecule has 0 unspecified atom stereocenters. The summed E-state index contributed by atoms with van der Waals surface area (Å²) in [6, 6.07) is 0. The molecule has 0 amide bonds. The lowest BCUT2D eigenvalue weighted by atomic mass is 10.2. The van der Waals surface area contributed by atoms with Gasteiger partial charge in [0.2, 0.25) is 0 Å². The zero-order chi connectivity index (χ0) is 15.8. The van der Waals surface area contributed by atoms with Gasteiger partial charge in [-0.15, -0.1) is 0 Å². The van der Waals surface area contributed by atoms with Crippen molar-refractivity contribution in [3.8, 4) is 0 Å². The molecule has 0 radical (unpaired) electrons. The van der Waals surface area contributed by atoms with Crippen LogP contribution in [-0.4, -0.2) is 44.2 Å². The molecule has 0 bridgehead atoms. The van der Waals surface area contributed by atoms with Gasteiger partial charge < -0.3 is 9.26 Å². The third-order valence-electron chi connectivity index (χ3n) is 4.23. The SMILES string of the molecule is Cc1noc([C@H]2CN(Cc3cnc(C4CC4)nc3)C[C@@H](C)O2)n1. The smallest absolute Gasteiger partial charge is 0.257 e. The Hall–Kier alpha value is -1.86. The maximum atomic E-state index is 5.94. The highest BCUT2D eigenvalue weighted by Gasteiger charge is 2.30. The maximum Gasteiger partial charge on any atom is 0.257 e. The molecule has 1 aliphatic carbocycles. The second kappa shape index (κ2) is 5.98. The van der Waals surface area contributed by atoms with Crippen LogP contribution in [0.1, 0.15) is 54.9 Å². The molecule has 0 N–H and O–H groups in total. The Kier molecular flexibility index (Phi) is 3.82. The number of rotatable bonds is 4. The van der Waals surface area contributed by atoms with Gasteiger partial charge in [0.1, 0.15) is 11.9 Å². The van der Waals surface area contributed by atoms with Gasteiger partial charge in [-0.3, -0.25) is 4.90 Å². The Morgan fingerprint density at radius 1 is 1.22 bits per heavy atom. The minimum absolute atomic E-state index is 0.118. The van der Waals surface area contributed by atoms with Crippen molar-refractivity contribution in [2.45, 2.75) is 51.4 Å². The monoisotopic (exact) mass is 315 g/mol. The van der Waals surface area contributed by atoms with Crippen molar-refractivity contribution in [1.29, 1.82) is 0 Å². The fraction of sp³-hybridized carbons (Fsp3) is 0.625. The van der Waals surface area contributed by atoms with Crippen molar-refractivity contribution in [3.63, 3.8) is 0 Å². The first-order chi connectivity index (χ1) is 11.2. The molecule has 4 rings (SSSR count). The largest absolute Gasteiger partial charge is 0.363 e. The fourth-order valence-corrected chi connectivity index (χ4v) is 3.01. The molecule has 2 aliphatic rings. The molecule has 2 aromatic heterocycles. The summed E-state index contributed by atoms with van der Waals surface area (Å²) in [5.41, 5.74) is 1.13. The van der Waals surface area contributed by atoms with E-state index in [-0.39, 0.29) is 12.2 Å². The topological polar surface area (TPSA) is 77.2 Å². The average molecular weight is 315 g/mol. The third kappa shape index (κ3) is 3.40. The summed E-state index contributed by atoms with van der Waals surface area (Å²) in [6.45, 7) is 6.29. The summed E-state index contributed by atoms with van der Waals surface area (Å²) in [5, 5.41) is 3.85. The maximum absolute atomic E-state index is 5.94. The summed E-state index contributed by atoms with van der Waals surface area (Å²) in [7, 11) is 0. The first-order valence-corrected chi connectivity index (χ1v) is 8.16. The van der Waals surface area contributed by atoms with E-state index in [0.29, 0.717) is 17.6 Å². The molecular weight excluding hydrogens is 294 g/mol. The molecule has 2 atom stereocenters. The second-order valence-electron chi connectivity index (χ2n) is 6.53. The van der Waals surface area contributed by atoms with Gasteiger partial charge in [-0.25, -0.2) is 9.97 Å². The van der Waals surface area contributed by atoms with Crippen LogP contribution in [0.4, 0.5) is 0 Å². The molecule has 1 saturated heterocycles. The summed E-state index contributed by atoms with van der Waals surface area (Å²) in [6.07, 6.45) is 6.30. The van der Waals surface area contributed by atoms with E-state index in [0.717, 1.165) is 31.0 Å². The van der Waals surface area contributed by atoms with Crippen LogP contribution in [0.15, 0.2) is 16.9 Å². The van der Waals surface area contributed by atoms with E-state index in [1.807, 2.05) is 19.3 Å². The molecule has 3 heterocycles. The van der Waals surface area contributed by atoms with Crippen molar-refractivity contribution in [2.75, 3.05) is 13.1 Å². The van der Waals surface area contributed by atoms with E-state index in [4.69, 9.17) is 9.26 Å². The Bertz CT molecular complexity index is 667. The second-order valence-corrected chi connectivity index (χ2v) is 6.53. The number of hydrogen-bond donors (Lipinski definition) is 0. The minimum atomic E-state index is -0.174. The van der Waals surface area contributed by atoms with E-state index in [1.54, 1.807) is 0 Å². The minimum Gasteiger partial charge on any atom is -0.363 e. The summed E-state index contributed by atoms with van der Waals surface area (Å²) in [4.78, 5) is 15.6. The fourth-order valence-electron chi connectivity index (χ4n) is 3.01. The van der Waals surface area contributed by atoms with Gasteiger partial charge >= 0.3 is 0 Å². The Balaban J connectivity index is 1.43. The van der Waals surface area contributed by atoms with Gasteiger partial charge in [-0.05, 0) is 26.7 Å². The van der Waals surface area contributed by atoms with Crippen LogP contribution in [0.25, 0.3) is 0 Å². The zero-order valence-corrected chi connectivity index (χ0v) is 13.5. The number of morpholine rings is 1. The number of hydrogen-bond acceptors (Lipinski definition) is 7. The van der Waals surface area contributed by atoms with E-state index in [9.17, 15) is 0 Å². The van der Waals surface area contributed by atoms with Crippen LogP contribution >= 0.6 is 0 Å². The number of aryl methyl sites for hydroxylation is 1. The van der Waals surface area contributed by atoms with Crippen LogP contribution < -0.4 is 0 Å². The lowest BCUT2D eigenvalue weighted by molar-refractivity contribution is -0.0931. The number of nitrogens with zero attached hydrogens (tertiary/aromatic N) is 5. The standard InChI is InChI=1S/C16H21N5O2/c1-10-7-21(9-14(22-10)16-19-11(2)20-23-16)8-12-5-17-15(18-6-12)13-3-4-13/h5-6,10,13-14H,3-4,7-9H2,1-2H3/t10-,14-/m1/s1. The predicted molar refractivity (Wildman–Crippen MR) is 81.6 cm³/mol. The Morgan fingerprint density at radius 3 is 2.65 bits per heavy atom. The Morgan fingerprint density at radius 2 is 2.00 bits per heavy atom. The van der Waals surface area contributed by atoms with Crippen LogP contribution in [0.2, 0.25) is 0 Å². The molecule has 7 heteroatoms. The highest BCUT2D eigenvalue weighted by molar-refractivity contribution is 5.11.